The summed E-state index contributed by atoms with van der Waals surface area (Å²) in [5.41, 5.74) is 5.33. The number of amides is 1. The Balaban J connectivity index is 1.19. The third kappa shape index (κ3) is 5.97. The number of carbonyl (C=O) groups excluding carboxylic acids is 1. The first-order valence-corrected chi connectivity index (χ1v) is 15.8. The summed E-state index contributed by atoms with van der Waals surface area (Å²) in [6.07, 6.45) is 0.694. The van der Waals surface area contributed by atoms with Gasteiger partial charge in [-0.3, -0.25) is 4.68 Å². The van der Waals surface area contributed by atoms with Gasteiger partial charge in [-0.15, -0.1) is 0 Å². The molecule has 3 aromatic carbocycles. The Morgan fingerprint density at radius 3 is 2.17 bits per heavy atom. The Labute approximate surface area is 269 Å². The van der Waals surface area contributed by atoms with Gasteiger partial charge in [-0.2, -0.15) is 10.1 Å². The van der Waals surface area contributed by atoms with Gasteiger partial charge in [0.25, 0.3) is 0 Å². The molecule has 2 aliphatic heterocycles. The lowest BCUT2D eigenvalue weighted by molar-refractivity contribution is 0.0215. The molecular weight excluding hydrogens is 578 g/mol. The molecule has 0 spiro atoms. The zero-order valence-corrected chi connectivity index (χ0v) is 26.7. The van der Waals surface area contributed by atoms with E-state index in [0.29, 0.717) is 31.5 Å². The molecule has 2 saturated heterocycles. The number of hydrogen-bond acceptors (Lipinski definition) is 7. The molecule has 2 aromatic heterocycles. The van der Waals surface area contributed by atoms with Gasteiger partial charge in [0.05, 0.1) is 22.8 Å². The number of carbonyl (C=O) groups is 1. The average Bonchev–Trinajstić information content (AvgIpc) is 3.76. The van der Waals surface area contributed by atoms with Crippen LogP contribution in [0.4, 0.5) is 10.5 Å². The third-order valence-electron chi connectivity index (χ3n) is 8.56. The van der Waals surface area contributed by atoms with Gasteiger partial charge in [0.1, 0.15) is 24.5 Å². The number of aryl methyl sites for hydroxylation is 1. The summed E-state index contributed by atoms with van der Waals surface area (Å²) in [5, 5.41) is 6.03. The molecule has 1 amide bonds. The largest absolute Gasteiger partial charge is 0.473 e. The van der Waals surface area contributed by atoms with Crippen LogP contribution in [0.1, 0.15) is 38.3 Å². The monoisotopic (exact) mass is 617 g/mol. The van der Waals surface area contributed by atoms with Crippen molar-refractivity contribution >= 4 is 22.7 Å². The van der Waals surface area contributed by atoms with Crippen LogP contribution in [0.2, 0.25) is 0 Å². The summed E-state index contributed by atoms with van der Waals surface area (Å²) in [6, 6.07) is 30.6. The Hall–Kier alpha value is -5.05. The van der Waals surface area contributed by atoms with Gasteiger partial charge in [-0.1, -0.05) is 72.8 Å². The van der Waals surface area contributed by atoms with Crippen molar-refractivity contribution in [3.8, 4) is 23.0 Å². The number of nitrogens with zero attached hydrogens (tertiary/aromatic N) is 5. The van der Waals surface area contributed by atoms with Crippen LogP contribution in [0.5, 0.6) is 11.8 Å². The molecule has 4 heterocycles. The van der Waals surface area contributed by atoms with Gasteiger partial charge in [-0.05, 0) is 50.5 Å². The summed E-state index contributed by atoms with van der Waals surface area (Å²) in [6.45, 7) is 7.90. The highest BCUT2D eigenvalue weighted by molar-refractivity contribution is 6.01. The van der Waals surface area contributed by atoms with E-state index in [9.17, 15) is 4.79 Å². The molecule has 0 unspecified atom stereocenters. The average molecular weight is 618 g/mol. The predicted octanol–water partition coefficient (Wildman–Crippen LogP) is 6.99. The normalized spacial score (nSPS) is 17.5. The first kappa shape index (κ1) is 29.6. The van der Waals surface area contributed by atoms with E-state index in [4.69, 9.17) is 24.3 Å². The van der Waals surface area contributed by atoms with Gasteiger partial charge in [-0.25, -0.2) is 4.79 Å². The van der Waals surface area contributed by atoms with E-state index in [-0.39, 0.29) is 18.2 Å². The Bertz CT molecular complexity index is 1850. The Morgan fingerprint density at radius 1 is 0.826 bits per heavy atom. The molecule has 9 nitrogen and oxygen atoms in total. The lowest BCUT2D eigenvalue weighted by atomic mass is 10.1. The molecule has 2 bridgehead atoms. The maximum atomic E-state index is 12.9. The number of benzene rings is 3. The standard InChI is InChI=1S/C37H39N5O4/c1-37(2,3)46-36(43)42-22-27-20-28(42)21-41(27)31-17-11-16-29-33(39-40(4)34(29)31)30-18-19-32(44-23-25-12-7-5-8-13-25)38-35(30)45-24-26-14-9-6-10-15-26/h5-19,27-28H,20-24H2,1-4H3/t27-,28-/m0/s1. The summed E-state index contributed by atoms with van der Waals surface area (Å²) in [4.78, 5) is 22.0. The van der Waals surface area contributed by atoms with Crippen LogP contribution in [0.15, 0.2) is 91.0 Å². The minimum Gasteiger partial charge on any atom is -0.473 e. The predicted molar refractivity (Wildman–Crippen MR) is 178 cm³/mol. The number of fused-ring (bicyclic) bond motifs is 3. The highest BCUT2D eigenvalue weighted by Gasteiger charge is 2.47. The summed E-state index contributed by atoms with van der Waals surface area (Å²) >= 11 is 0. The van der Waals surface area contributed by atoms with Crippen LogP contribution < -0.4 is 14.4 Å². The van der Waals surface area contributed by atoms with Crippen LogP contribution in [-0.4, -0.2) is 56.5 Å². The van der Waals surface area contributed by atoms with Crippen molar-refractivity contribution in [1.82, 2.24) is 19.7 Å². The molecule has 2 fully saturated rings. The van der Waals surface area contributed by atoms with Gasteiger partial charge < -0.3 is 24.0 Å². The number of piperazine rings is 1. The minimum atomic E-state index is -0.514. The molecule has 236 valence electrons. The highest BCUT2D eigenvalue weighted by atomic mass is 16.6. The summed E-state index contributed by atoms with van der Waals surface area (Å²) in [7, 11) is 1.98. The lowest BCUT2D eigenvalue weighted by Crippen LogP contribution is -2.50. The zero-order chi connectivity index (χ0) is 31.8. The molecule has 2 atom stereocenters. The van der Waals surface area contributed by atoms with Crippen molar-refractivity contribution in [2.24, 2.45) is 7.05 Å². The van der Waals surface area contributed by atoms with Crippen LogP contribution >= 0.6 is 0 Å². The molecule has 9 heteroatoms. The SMILES string of the molecule is Cn1nc(-c2ccc(OCc3ccccc3)nc2OCc2ccccc2)c2cccc(N3C[C@@H]4C[C@H]3CN4C(=O)OC(C)(C)C)c21. The Kier molecular flexibility index (Phi) is 7.76. The van der Waals surface area contributed by atoms with E-state index in [0.717, 1.165) is 51.9 Å². The molecular formula is C37H39N5O4. The molecule has 0 radical (unpaired) electrons. The van der Waals surface area contributed by atoms with Gasteiger partial charge in [0, 0.05) is 37.6 Å². The molecule has 0 saturated carbocycles. The van der Waals surface area contributed by atoms with E-state index in [2.05, 4.69) is 23.1 Å². The van der Waals surface area contributed by atoms with E-state index >= 15 is 0 Å². The number of pyridine rings is 1. The van der Waals surface area contributed by atoms with Crippen LogP contribution in [0.25, 0.3) is 22.2 Å². The number of ether oxygens (including phenoxy) is 3. The summed E-state index contributed by atoms with van der Waals surface area (Å²) in [5.74, 6) is 0.951. The van der Waals surface area contributed by atoms with Crippen molar-refractivity contribution in [3.05, 3.63) is 102 Å². The van der Waals surface area contributed by atoms with Crippen LogP contribution in [0.3, 0.4) is 0 Å². The lowest BCUT2D eigenvalue weighted by Gasteiger charge is -2.36. The number of likely N-dealkylation sites (tertiary alicyclic amines) is 1. The van der Waals surface area contributed by atoms with Gasteiger partial charge in [0.15, 0.2) is 0 Å². The van der Waals surface area contributed by atoms with Crippen molar-refractivity contribution < 1.29 is 19.0 Å². The topological polar surface area (TPSA) is 82.0 Å². The van der Waals surface area contributed by atoms with Crippen molar-refractivity contribution in [2.45, 2.75) is 58.1 Å². The molecule has 2 aliphatic rings. The number of anilines is 1. The van der Waals surface area contributed by atoms with Crippen molar-refractivity contribution in [3.63, 3.8) is 0 Å². The maximum Gasteiger partial charge on any atom is 0.410 e. The Morgan fingerprint density at radius 2 is 1.52 bits per heavy atom. The van der Waals surface area contributed by atoms with Gasteiger partial charge in [0.2, 0.25) is 11.8 Å². The maximum absolute atomic E-state index is 12.9. The summed E-state index contributed by atoms with van der Waals surface area (Å²) < 4.78 is 20.1. The molecule has 46 heavy (non-hydrogen) atoms. The quantitative estimate of drug-likeness (QED) is 0.186. The number of para-hydroxylation sites is 1. The van der Waals surface area contributed by atoms with Gasteiger partial charge >= 0.3 is 6.09 Å². The van der Waals surface area contributed by atoms with Crippen LogP contribution in [0, 0.1) is 0 Å². The van der Waals surface area contributed by atoms with Crippen molar-refractivity contribution in [2.75, 3.05) is 18.0 Å². The fourth-order valence-corrected chi connectivity index (χ4v) is 6.50. The molecule has 0 aliphatic carbocycles. The second-order valence-electron chi connectivity index (χ2n) is 13.0. The molecule has 5 aromatic rings. The molecule has 0 N–H and O–H groups in total. The second-order valence-corrected chi connectivity index (χ2v) is 13.0. The fraction of sp³-hybridized carbons (Fsp3) is 0.324. The molecule has 7 rings (SSSR count). The zero-order valence-electron chi connectivity index (χ0n) is 26.7. The first-order valence-electron chi connectivity index (χ1n) is 15.8. The smallest absolute Gasteiger partial charge is 0.410 e. The highest BCUT2D eigenvalue weighted by Crippen LogP contribution is 2.42. The number of hydrogen-bond donors (Lipinski definition) is 0. The van der Waals surface area contributed by atoms with Crippen molar-refractivity contribution in [1.29, 1.82) is 0 Å². The van der Waals surface area contributed by atoms with E-state index < -0.39 is 5.60 Å². The second kappa shape index (κ2) is 12.0. The fourth-order valence-electron chi connectivity index (χ4n) is 6.50. The minimum absolute atomic E-state index is 0.119. The first-order chi connectivity index (χ1) is 22.2. The van der Waals surface area contributed by atoms with E-state index in [1.807, 2.05) is 110 Å². The number of rotatable bonds is 8. The van der Waals surface area contributed by atoms with E-state index in [1.165, 1.54) is 0 Å². The third-order valence-corrected chi connectivity index (χ3v) is 8.56. The number of aromatic nitrogens is 3. The van der Waals surface area contributed by atoms with E-state index in [1.54, 1.807) is 0 Å². The van der Waals surface area contributed by atoms with Crippen LogP contribution in [-0.2, 0) is 25.0 Å².